The molecule has 0 aliphatic rings. The number of carboxylic acid groups (broad SMARTS) is 1. The number of nitrogens with one attached hydrogen (secondary N) is 2. The van der Waals surface area contributed by atoms with Gasteiger partial charge in [-0.3, -0.25) is 0 Å². The predicted molar refractivity (Wildman–Crippen MR) is 114 cm³/mol. The molecule has 0 amide bonds. The molecular weight excluding hydrogens is 380 g/mol. The van der Waals surface area contributed by atoms with Gasteiger partial charge in [0.1, 0.15) is 31.5 Å². The Labute approximate surface area is 177 Å². The zero-order valence-electron chi connectivity index (χ0n) is 17.8. The average Bonchev–Trinajstić information content (AvgIpc) is 3.09. The number of aliphatic carboxylic acids is 1. The third kappa shape index (κ3) is 5.62. The van der Waals surface area contributed by atoms with Crippen LogP contribution in [-0.4, -0.2) is 40.9 Å². The molecule has 0 spiro atoms. The van der Waals surface area contributed by atoms with Crippen LogP contribution in [0.15, 0.2) is 54.7 Å². The first-order valence-corrected chi connectivity index (χ1v) is 10.2. The number of hydrogen-bond donors (Lipinski definition) is 3. The Bertz CT molecular complexity index is 976. The molecule has 0 fully saturated rings. The summed E-state index contributed by atoms with van der Waals surface area (Å²) in [5, 5.41) is 22.5. The summed E-state index contributed by atoms with van der Waals surface area (Å²) in [6.07, 6.45) is 0.804. The van der Waals surface area contributed by atoms with Crippen molar-refractivity contribution in [2.45, 2.75) is 45.4 Å². The maximum absolute atomic E-state index is 11.0. The highest BCUT2D eigenvalue weighted by Gasteiger charge is 2.28. The first-order chi connectivity index (χ1) is 14.2. The fraction of sp³-hybridized carbons (Fsp3) is 0.375. The second-order valence-electron chi connectivity index (χ2n) is 8.73. The van der Waals surface area contributed by atoms with Gasteiger partial charge in [-0.2, -0.15) is 0 Å². The molecule has 6 heteroatoms. The summed E-state index contributed by atoms with van der Waals surface area (Å²) >= 11 is 0. The van der Waals surface area contributed by atoms with Gasteiger partial charge >= 0.3 is 0 Å². The number of benzene rings is 2. The summed E-state index contributed by atoms with van der Waals surface area (Å²) in [4.78, 5) is 15.4. The van der Waals surface area contributed by atoms with E-state index >= 15 is 0 Å². The van der Waals surface area contributed by atoms with Gasteiger partial charge in [-0.05, 0) is 38.5 Å². The number of hydrogen-bond acceptors (Lipinski definition) is 4. The van der Waals surface area contributed by atoms with Crippen molar-refractivity contribution in [1.29, 1.82) is 0 Å². The van der Waals surface area contributed by atoms with E-state index in [2.05, 4.69) is 37.9 Å². The van der Waals surface area contributed by atoms with Crippen molar-refractivity contribution in [3.8, 4) is 5.75 Å². The second kappa shape index (κ2) is 9.32. The van der Waals surface area contributed by atoms with Gasteiger partial charge in [0.2, 0.25) is 0 Å². The van der Waals surface area contributed by atoms with E-state index in [4.69, 9.17) is 4.74 Å². The molecule has 1 heterocycles. The maximum Gasteiger partial charge on any atom is 0.137 e. The molecular formula is C24H30N2O4. The SMILES string of the molecule is CC(C)(C)[NH+](Cc1ccccc1)C[C@@H](O)COc1cccc2[nH]cc(CC(=O)[O-])c12. The number of quaternary nitrogens is 1. The molecule has 0 saturated heterocycles. The summed E-state index contributed by atoms with van der Waals surface area (Å²) in [6.45, 7) is 7.95. The summed E-state index contributed by atoms with van der Waals surface area (Å²) in [5.74, 6) is -0.583. The molecule has 1 unspecified atom stereocenters. The van der Waals surface area contributed by atoms with Crippen molar-refractivity contribution >= 4 is 16.9 Å². The normalized spacial score (nSPS) is 13.9. The minimum atomic E-state index is -1.14. The molecule has 0 radical (unpaired) electrons. The van der Waals surface area contributed by atoms with Crippen LogP contribution in [0, 0.1) is 0 Å². The zero-order chi connectivity index (χ0) is 21.7. The monoisotopic (exact) mass is 410 g/mol. The third-order valence-corrected chi connectivity index (χ3v) is 5.32. The number of ether oxygens (including phenoxy) is 1. The number of aliphatic hydroxyl groups is 1. The molecule has 3 N–H and O–H groups in total. The number of carboxylic acids is 1. The Hall–Kier alpha value is -2.83. The Kier molecular flexibility index (Phi) is 6.80. The van der Waals surface area contributed by atoms with E-state index in [-0.39, 0.29) is 18.6 Å². The summed E-state index contributed by atoms with van der Waals surface area (Å²) in [7, 11) is 0. The highest BCUT2D eigenvalue weighted by molar-refractivity contribution is 5.91. The number of fused-ring (bicyclic) bond motifs is 1. The van der Waals surface area contributed by atoms with Crippen LogP contribution < -0.4 is 14.7 Å². The van der Waals surface area contributed by atoms with Crippen molar-refractivity contribution in [2.24, 2.45) is 0 Å². The number of aromatic amines is 1. The largest absolute Gasteiger partial charge is 0.550 e. The van der Waals surface area contributed by atoms with E-state index in [1.807, 2.05) is 30.3 Å². The number of carbonyl (C=O) groups excluding carboxylic acids is 1. The van der Waals surface area contributed by atoms with Crippen molar-refractivity contribution in [3.63, 3.8) is 0 Å². The van der Waals surface area contributed by atoms with Gasteiger partial charge < -0.3 is 29.6 Å². The summed E-state index contributed by atoms with van der Waals surface area (Å²) in [5.41, 5.74) is 2.59. The van der Waals surface area contributed by atoms with Crippen molar-refractivity contribution in [3.05, 3.63) is 65.9 Å². The smallest absolute Gasteiger partial charge is 0.137 e. The second-order valence-corrected chi connectivity index (χ2v) is 8.73. The quantitative estimate of drug-likeness (QED) is 0.493. The average molecular weight is 411 g/mol. The molecule has 0 aliphatic carbocycles. The molecule has 3 aromatic rings. The van der Waals surface area contributed by atoms with Crippen LogP contribution in [0.2, 0.25) is 0 Å². The van der Waals surface area contributed by atoms with E-state index in [1.165, 1.54) is 10.5 Å². The Balaban J connectivity index is 1.69. The van der Waals surface area contributed by atoms with Gasteiger partial charge in [0.25, 0.3) is 0 Å². The van der Waals surface area contributed by atoms with Crippen molar-refractivity contribution < 1.29 is 24.6 Å². The topological polar surface area (TPSA) is 89.8 Å². The highest BCUT2D eigenvalue weighted by atomic mass is 16.5. The van der Waals surface area contributed by atoms with Crippen LogP contribution in [0.5, 0.6) is 5.75 Å². The van der Waals surface area contributed by atoms with E-state index in [1.54, 1.807) is 12.3 Å². The van der Waals surface area contributed by atoms with Gasteiger partial charge in [0.15, 0.2) is 0 Å². The van der Waals surface area contributed by atoms with Crippen LogP contribution in [-0.2, 0) is 17.8 Å². The fourth-order valence-corrected chi connectivity index (χ4v) is 3.65. The Morgan fingerprint density at radius 3 is 2.57 bits per heavy atom. The number of carbonyl (C=O) groups is 1. The zero-order valence-corrected chi connectivity index (χ0v) is 17.8. The lowest BCUT2D eigenvalue weighted by molar-refractivity contribution is -0.962. The fourth-order valence-electron chi connectivity index (χ4n) is 3.65. The number of aliphatic hydroxyl groups excluding tert-OH is 1. The van der Waals surface area contributed by atoms with Crippen LogP contribution >= 0.6 is 0 Å². The first-order valence-electron chi connectivity index (χ1n) is 10.2. The van der Waals surface area contributed by atoms with E-state index in [9.17, 15) is 15.0 Å². The summed E-state index contributed by atoms with van der Waals surface area (Å²) < 4.78 is 5.93. The number of aromatic nitrogens is 1. The molecule has 0 aliphatic heterocycles. The Morgan fingerprint density at radius 1 is 1.17 bits per heavy atom. The Morgan fingerprint density at radius 2 is 1.90 bits per heavy atom. The van der Waals surface area contributed by atoms with Gasteiger partial charge in [-0.15, -0.1) is 0 Å². The molecule has 0 saturated carbocycles. The van der Waals surface area contributed by atoms with Gasteiger partial charge in [0, 0.05) is 35.1 Å². The first kappa shape index (κ1) is 21.9. The predicted octanol–water partition coefficient (Wildman–Crippen LogP) is 1.08. The molecule has 0 bridgehead atoms. The van der Waals surface area contributed by atoms with Crippen LogP contribution in [0.1, 0.15) is 31.9 Å². The highest BCUT2D eigenvalue weighted by Crippen LogP contribution is 2.29. The molecule has 2 aromatic carbocycles. The van der Waals surface area contributed by atoms with E-state index < -0.39 is 12.1 Å². The lowest BCUT2D eigenvalue weighted by atomic mass is 10.0. The van der Waals surface area contributed by atoms with Crippen LogP contribution in [0.3, 0.4) is 0 Å². The maximum atomic E-state index is 11.0. The molecule has 160 valence electrons. The van der Waals surface area contributed by atoms with E-state index in [0.29, 0.717) is 17.9 Å². The van der Waals surface area contributed by atoms with Crippen molar-refractivity contribution in [2.75, 3.05) is 13.2 Å². The summed E-state index contributed by atoms with van der Waals surface area (Å²) in [6, 6.07) is 15.7. The molecule has 6 nitrogen and oxygen atoms in total. The molecule has 30 heavy (non-hydrogen) atoms. The lowest BCUT2D eigenvalue weighted by Crippen LogP contribution is -3.18. The minimum Gasteiger partial charge on any atom is -0.550 e. The van der Waals surface area contributed by atoms with Gasteiger partial charge in [0.05, 0.1) is 5.54 Å². The third-order valence-electron chi connectivity index (χ3n) is 5.32. The van der Waals surface area contributed by atoms with Crippen LogP contribution in [0.25, 0.3) is 10.9 Å². The van der Waals surface area contributed by atoms with Gasteiger partial charge in [-0.1, -0.05) is 36.4 Å². The molecule has 2 atom stereocenters. The number of H-pyrrole nitrogens is 1. The lowest BCUT2D eigenvalue weighted by Gasteiger charge is -2.34. The standard InChI is InChI=1S/C24H30N2O4/c1-24(2,3)26(14-17-8-5-4-6-9-17)15-19(27)16-30-21-11-7-10-20-23(21)18(13-25-20)12-22(28)29/h4-11,13,19,25,27H,12,14-16H2,1-3H3,(H,28,29)/t19-/m1/s1. The minimum absolute atomic E-state index is 0.0425. The van der Waals surface area contributed by atoms with Crippen molar-refractivity contribution in [1.82, 2.24) is 4.98 Å². The molecule has 1 aromatic heterocycles. The van der Waals surface area contributed by atoms with E-state index in [0.717, 1.165) is 17.4 Å². The molecule has 3 rings (SSSR count). The number of rotatable bonds is 9. The van der Waals surface area contributed by atoms with Crippen LogP contribution in [0.4, 0.5) is 0 Å². The van der Waals surface area contributed by atoms with Gasteiger partial charge in [-0.25, -0.2) is 0 Å².